The topological polar surface area (TPSA) is 120 Å². The van der Waals surface area contributed by atoms with E-state index in [1.54, 1.807) is 18.2 Å². The number of anilines is 1. The number of methoxy groups -OCH3 is 2. The number of aromatic hydroxyl groups is 1. The molecule has 10 heteroatoms. The lowest BCUT2D eigenvalue weighted by Gasteiger charge is -2.13. The fourth-order valence-corrected chi connectivity index (χ4v) is 2.83. The molecule has 1 aromatic carbocycles. The number of nitrogens with one attached hydrogen (secondary N) is 1. The van der Waals surface area contributed by atoms with Gasteiger partial charge in [-0.15, -0.1) is 0 Å². The number of esters is 1. The molecule has 0 atom stereocenters. The van der Waals surface area contributed by atoms with Gasteiger partial charge in [0, 0.05) is 18.7 Å². The fourth-order valence-electron chi connectivity index (χ4n) is 2.83. The highest BCUT2D eigenvalue weighted by Gasteiger charge is 2.22. The molecular weight excluding hydrogens is 409 g/mol. The zero-order valence-electron chi connectivity index (χ0n) is 16.8. The molecule has 1 amide bonds. The lowest BCUT2D eigenvalue weighted by molar-refractivity contribution is 0.0590. The number of pyridine rings is 2. The second-order valence-electron chi connectivity index (χ2n) is 6.45. The van der Waals surface area contributed by atoms with Gasteiger partial charge in [-0.3, -0.25) is 10.3 Å². The molecule has 0 aliphatic rings. The molecule has 31 heavy (non-hydrogen) atoms. The van der Waals surface area contributed by atoms with Crippen molar-refractivity contribution in [2.24, 2.45) is 0 Å². The SMILES string of the molecule is COCCOC(=O)Nc1nc(C(=O)OC)c(O)c2ncc(Cc3ccc(F)cc3)cc12. The van der Waals surface area contributed by atoms with Crippen molar-refractivity contribution in [1.82, 2.24) is 9.97 Å². The van der Waals surface area contributed by atoms with Crippen LogP contribution in [0.4, 0.5) is 15.0 Å². The first-order chi connectivity index (χ1) is 14.9. The second-order valence-corrected chi connectivity index (χ2v) is 6.45. The van der Waals surface area contributed by atoms with E-state index in [1.165, 1.54) is 25.4 Å². The van der Waals surface area contributed by atoms with Gasteiger partial charge in [-0.25, -0.2) is 19.0 Å². The number of carbonyl (C=O) groups excluding carboxylic acids is 2. The predicted octanol–water partition coefficient (Wildman–Crippen LogP) is 3.05. The van der Waals surface area contributed by atoms with Crippen molar-refractivity contribution in [3.8, 4) is 5.75 Å². The molecule has 0 unspecified atom stereocenters. The minimum absolute atomic E-state index is 0.0102. The maximum Gasteiger partial charge on any atom is 0.412 e. The van der Waals surface area contributed by atoms with E-state index >= 15 is 0 Å². The molecule has 0 aliphatic carbocycles. The third kappa shape index (κ3) is 5.23. The zero-order chi connectivity index (χ0) is 22.4. The van der Waals surface area contributed by atoms with Crippen LogP contribution in [0.1, 0.15) is 21.6 Å². The lowest BCUT2D eigenvalue weighted by Crippen LogP contribution is -2.18. The zero-order valence-corrected chi connectivity index (χ0v) is 16.8. The van der Waals surface area contributed by atoms with Gasteiger partial charge in [0.2, 0.25) is 0 Å². The standard InChI is InChI=1S/C21H20FN3O6/c1-29-7-8-31-21(28)25-19-15-10-13(9-12-3-5-14(22)6-4-12)11-23-16(15)18(26)17(24-19)20(27)30-2/h3-6,10-11,26H,7-9H2,1-2H3,(H,24,25,28). The van der Waals surface area contributed by atoms with Gasteiger partial charge in [0.15, 0.2) is 11.4 Å². The molecule has 0 spiro atoms. The van der Waals surface area contributed by atoms with Crippen LogP contribution >= 0.6 is 0 Å². The third-order valence-electron chi connectivity index (χ3n) is 4.31. The summed E-state index contributed by atoms with van der Waals surface area (Å²) < 4.78 is 27.6. The van der Waals surface area contributed by atoms with E-state index in [-0.39, 0.29) is 35.8 Å². The highest BCUT2D eigenvalue weighted by atomic mass is 19.1. The van der Waals surface area contributed by atoms with Crippen LogP contribution in [0.25, 0.3) is 10.9 Å². The average Bonchev–Trinajstić information content (AvgIpc) is 2.77. The number of nitrogens with zero attached hydrogens (tertiary/aromatic N) is 2. The molecule has 2 aromatic heterocycles. The van der Waals surface area contributed by atoms with Gasteiger partial charge in [0.1, 0.15) is 23.8 Å². The Morgan fingerprint density at radius 3 is 2.55 bits per heavy atom. The average molecular weight is 429 g/mol. The van der Waals surface area contributed by atoms with Crippen molar-refractivity contribution in [3.05, 3.63) is 59.2 Å². The molecular formula is C21H20FN3O6. The van der Waals surface area contributed by atoms with Crippen molar-refractivity contribution >= 4 is 28.8 Å². The summed E-state index contributed by atoms with van der Waals surface area (Å²) in [7, 11) is 2.60. The Labute approximate surface area is 176 Å². The van der Waals surface area contributed by atoms with E-state index in [0.717, 1.165) is 12.7 Å². The van der Waals surface area contributed by atoms with E-state index in [4.69, 9.17) is 9.47 Å². The van der Waals surface area contributed by atoms with Crippen molar-refractivity contribution < 1.29 is 33.3 Å². The normalized spacial score (nSPS) is 10.7. The minimum Gasteiger partial charge on any atom is -0.504 e. The number of halogens is 1. The second kappa shape index (κ2) is 9.81. The van der Waals surface area contributed by atoms with E-state index < -0.39 is 23.5 Å². The van der Waals surface area contributed by atoms with Crippen LogP contribution < -0.4 is 5.32 Å². The fraction of sp³-hybridized carbons (Fsp3) is 0.238. The van der Waals surface area contributed by atoms with Crippen molar-refractivity contribution in [1.29, 1.82) is 0 Å². The molecule has 0 saturated heterocycles. The molecule has 0 radical (unpaired) electrons. The summed E-state index contributed by atoms with van der Waals surface area (Å²) in [6.45, 7) is 0.213. The Kier molecular flexibility index (Phi) is 6.93. The molecule has 3 aromatic rings. The molecule has 162 valence electrons. The summed E-state index contributed by atoms with van der Waals surface area (Å²) in [4.78, 5) is 32.4. The van der Waals surface area contributed by atoms with Gasteiger partial charge >= 0.3 is 12.1 Å². The van der Waals surface area contributed by atoms with Gasteiger partial charge in [-0.2, -0.15) is 0 Å². The maximum absolute atomic E-state index is 13.2. The van der Waals surface area contributed by atoms with Gasteiger partial charge < -0.3 is 19.3 Å². The van der Waals surface area contributed by atoms with Crippen LogP contribution in [0.15, 0.2) is 36.5 Å². The molecule has 0 fully saturated rings. The molecule has 3 rings (SSSR count). The van der Waals surface area contributed by atoms with Crippen LogP contribution in [0, 0.1) is 5.82 Å². The molecule has 9 nitrogen and oxygen atoms in total. The molecule has 0 bridgehead atoms. The number of amides is 1. The Balaban J connectivity index is 2.01. The van der Waals surface area contributed by atoms with Crippen LogP contribution in [-0.2, 0) is 20.6 Å². The summed E-state index contributed by atoms with van der Waals surface area (Å²) in [5.41, 5.74) is 1.19. The van der Waals surface area contributed by atoms with Gasteiger partial charge in [0.05, 0.1) is 13.7 Å². The molecule has 0 saturated carbocycles. The predicted molar refractivity (Wildman–Crippen MR) is 109 cm³/mol. The summed E-state index contributed by atoms with van der Waals surface area (Å²) in [6, 6.07) is 7.64. The summed E-state index contributed by atoms with van der Waals surface area (Å²) in [6.07, 6.45) is 1.10. The highest BCUT2D eigenvalue weighted by molar-refractivity contribution is 6.04. The Bertz CT molecular complexity index is 1100. The van der Waals surface area contributed by atoms with Crippen molar-refractivity contribution in [2.45, 2.75) is 6.42 Å². The number of aromatic nitrogens is 2. The van der Waals surface area contributed by atoms with Gasteiger partial charge in [-0.1, -0.05) is 12.1 Å². The minimum atomic E-state index is -0.896. The first kappa shape index (κ1) is 21.9. The highest BCUT2D eigenvalue weighted by Crippen LogP contribution is 2.32. The molecule has 2 heterocycles. The number of rotatable bonds is 7. The number of carbonyl (C=O) groups is 2. The molecule has 2 N–H and O–H groups in total. The smallest absolute Gasteiger partial charge is 0.412 e. The lowest BCUT2D eigenvalue weighted by atomic mass is 10.0. The Morgan fingerprint density at radius 1 is 1.13 bits per heavy atom. The Hall–Kier alpha value is -3.79. The van der Waals surface area contributed by atoms with Crippen LogP contribution in [0.3, 0.4) is 0 Å². The third-order valence-corrected chi connectivity index (χ3v) is 4.31. The summed E-state index contributed by atoms with van der Waals surface area (Å²) in [5.74, 6) is -1.76. The Morgan fingerprint density at radius 2 is 1.87 bits per heavy atom. The maximum atomic E-state index is 13.2. The van der Waals surface area contributed by atoms with Crippen molar-refractivity contribution in [3.63, 3.8) is 0 Å². The van der Waals surface area contributed by atoms with Crippen LogP contribution in [0.5, 0.6) is 5.75 Å². The number of hydrogen-bond donors (Lipinski definition) is 2. The first-order valence-electron chi connectivity index (χ1n) is 9.20. The van der Waals surface area contributed by atoms with E-state index in [2.05, 4.69) is 20.0 Å². The monoisotopic (exact) mass is 429 g/mol. The molecule has 0 aliphatic heterocycles. The number of ether oxygens (including phenoxy) is 3. The van der Waals surface area contributed by atoms with Gasteiger partial charge in [-0.05, 0) is 35.7 Å². The largest absolute Gasteiger partial charge is 0.504 e. The first-order valence-corrected chi connectivity index (χ1v) is 9.20. The number of hydrogen-bond acceptors (Lipinski definition) is 8. The van der Waals surface area contributed by atoms with Crippen LogP contribution in [0.2, 0.25) is 0 Å². The van der Waals surface area contributed by atoms with Crippen LogP contribution in [-0.4, -0.2) is 54.6 Å². The number of benzene rings is 1. The van der Waals surface area contributed by atoms with E-state index in [0.29, 0.717) is 12.0 Å². The van der Waals surface area contributed by atoms with E-state index in [1.807, 2.05) is 0 Å². The summed E-state index contributed by atoms with van der Waals surface area (Å²) >= 11 is 0. The van der Waals surface area contributed by atoms with Gasteiger partial charge in [0.25, 0.3) is 0 Å². The quantitative estimate of drug-likeness (QED) is 0.434. The summed E-state index contributed by atoms with van der Waals surface area (Å²) in [5, 5.41) is 13.2. The van der Waals surface area contributed by atoms with E-state index in [9.17, 15) is 19.1 Å². The van der Waals surface area contributed by atoms with Crippen molar-refractivity contribution in [2.75, 3.05) is 32.8 Å². The number of fused-ring (bicyclic) bond motifs is 1.